The molecule has 0 saturated carbocycles. The Bertz CT molecular complexity index is 604. The fourth-order valence-electron chi connectivity index (χ4n) is 1.83. The van der Waals surface area contributed by atoms with Crippen molar-refractivity contribution in [2.24, 2.45) is 5.73 Å². The van der Waals surface area contributed by atoms with Crippen molar-refractivity contribution in [1.82, 2.24) is 0 Å². The molecule has 0 spiro atoms. The molecule has 0 aromatic heterocycles. The molecule has 0 fully saturated rings. The first-order valence-electron chi connectivity index (χ1n) is 5.62. The van der Waals surface area contributed by atoms with E-state index in [4.69, 9.17) is 17.3 Å². The Labute approximate surface area is 128 Å². The molecule has 1 nitrogen and oxygen atoms in total. The molecule has 0 aliphatic carbocycles. The molecule has 0 bridgehead atoms. The molecule has 19 heavy (non-hydrogen) atoms. The molecule has 2 aromatic rings. The van der Waals surface area contributed by atoms with Crippen LogP contribution in [0.15, 0.2) is 36.4 Å². The third-order valence-electron chi connectivity index (χ3n) is 2.80. The van der Waals surface area contributed by atoms with Crippen molar-refractivity contribution in [3.63, 3.8) is 0 Å². The van der Waals surface area contributed by atoms with E-state index in [0.717, 1.165) is 14.7 Å². The SMILES string of the molecule is NC(Cc1ccc(Cl)c(F)c1)c1ccc(F)cc1I. The van der Waals surface area contributed by atoms with Crippen LogP contribution in [-0.4, -0.2) is 0 Å². The molecule has 5 heteroatoms. The molecule has 0 saturated heterocycles. The number of hydrogen-bond donors (Lipinski definition) is 1. The number of hydrogen-bond acceptors (Lipinski definition) is 1. The van der Waals surface area contributed by atoms with Gasteiger partial charge >= 0.3 is 0 Å². The average Bonchev–Trinajstić information content (AvgIpc) is 2.33. The van der Waals surface area contributed by atoms with Gasteiger partial charge in [0.15, 0.2) is 0 Å². The average molecular weight is 394 g/mol. The van der Waals surface area contributed by atoms with E-state index < -0.39 is 5.82 Å². The lowest BCUT2D eigenvalue weighted by Gasteiger charge is -2.14. The van der Waals surface area contributed by atoms with Crippen LogP contribution in [0.5, 0.6) is 0 Å². The summed E-state index contributed by atoms with van der Waals surface area (Å²) >= 11 is 7.67. The Hall–Kier alpha value is -0.720. The molecule has 0 amide bonds. The summed E-state index contributed by atoms with van der Waals surface area (Å²) in [5, 5.41) is 0.0914. The molecule has 100 valence electrons. The van der Waals surface area contributed by atoms with Crippen LogP contribution in [-0.2, 0) is 6.42 Å². The van der Waals surface area contributed by atoms with Crippen molar-refractivity contribution in [1.29, 1.82) is 0 Å². The lowest BCUT2D eigenvalue weighted by Crippen LogP contribution is -2.15. The highest BCUT2D eigenvalue weighted by Crippen LogP contribution is 2.24. The third-order valence-corrected chi connectivity index (χ3v) is 4.04. The van der Waals surface area contributed by atoms with E-state index in [1.165, 1.54) is 24.3 Å². The quantitative estimate of drug-likeness (QED) is 0.765. The van der Waals surface area contributed by atoms with Gasteiger partial charge in [0.1, 0.15) is 11.6 Å². The van der Waals surface area contributed by atoms with Crippen molar-refractivity contribution in [2.45, 2.75) is 12.5 Å². The second-order valence-electron chi connectivity index (χ2n) is 4.22. The molecule has 2 N–H and O–H groups in total. The van der Waals surface area contributed by atoms with Gasteiger partial charge < -0.3 is 5.73 Å². The molecule has 2 rings (SSSR count). The van der Waals surface area contributed by atoms with Gasteiger partial charge in [-0.2, -0.15) is 0 Å². The van der Waals surface area contributed by atoms with Crippen molar-refractivity contribution in [3.05, 3.63) is 67.8 Å². The first-order valence-corrected chi connectivity index (χ1v) is 7.07. The summed E-state index contributed by atoms with van der Waals surface area (Å²) in [6.45, 7) is 0. The zero-order chi connectivity index (χ0) is 14.0. The molecule has 0 aliphatic rings. The summed E-state index contributed by atoms with van der Waals surface area (Å²) in [6.07, 6.45) is 0.468. The monoisotopic (exact) mass is 393 g/mol. The largest absolute Gasteiger partial charge is 0.324 e. The predicted octanol–water partition coefficient (Wildman–Crippen LogP) is 4.47. The number of rotatable bonds is 3. The summed E-state index contributed by atoms with van der Waals surface area (Å²) in [7, 11) is 0. The van der Waals surface area contributed by atoms with Gasteiger partial charge in [0, 0.05) is 9.61 Å². The second-order valence-corrected chi connectivity index (χ2v) is 5.79. The van der Waals surface area contributed by atoms with Crippen LogP contribution in [0.3, 0.4) is 0 Å². The van der Waals surface area contributed by atoms with Gasteiger partial charge in [-0.15, -0.1) is 0 Å². The molecular formula is C14H11ClF2IN. The highest BCUT2D eigenvalue weighted by molar-refractivity contribution is 14.1. The van der Waals surface area contributed by atoms with Gasteiger partial charge in [-0.3, -0.25) is 0 Å². The minimum Gasteiger partial charge on any atom is -0.324 e. The highest BCUT2D eigenvalue weighted by atomic mass is 127. The van der Waals surface area contributed by atoms with Crippen molar-refractivity contribution < 1.29 is 8.78 Å². The van der Waals surface area contributed by atoms with Gasteiger partial charge in [-0.05, 0) is 64.4 Å². The fraction of sp³-hybridized carbons (Fsp3) is 0.143. The number of benzene rings is 2. The van der Waals surface area contributed by atoms with E-state index in [2.05, 4.69) is 0 Å². The third kappa shape index (κ3) is 3.64. The van der Waals surface area contributed by atoms with E-state index in [1.807, 2.05) is 22.6 Å². The van der Waals surface area contributed by atoms with Crippen LogP contribution >= 0.6 is 34.2 Å². The summed E-state index contributed by atoms with van der Waals surface area (Å²) in [6, 6.07) is 8.77. The molecule has 1 atom stereocenters. The molecule has 1 unspecified atom stereocenters. The van der Waals surface area contributed by atoms with E-state index in [1.54, 1.807) is 12.1 Å². The molecule has 0 heterocycles. The summed E-state index contributed by atoms with van der Waals surface area (Å²) in [5.74, 6) is -0.752. The van der Waals surface area contributed by atoms with Crippen molar-refractivity contribution in [3.8, 4) is 0 Å². The number of nitrogens with two attached hydrogens (primary N) is 1. The zero-order valence-corrected chi connectivity index (χ0v) is 12.8. The summed E-state index contributed by atoms with van der Waals surface area (Å²) in [4.78, 5) is 0. The Morgan fingerprint density at radius 1 is 1.16 bits per heavy atom. The van der Waals surface area contributed by atoms with Crippen molar-refractivity contribution in [2.75, 3.05) is 0 Å². The molecule has 0 aliphatic heterocycles. The molecule has 2 aromatic carbocycles. The Morgan fingerprint density at radius 2 is 1.89 bits per heavy atom. The summed E-state index contributed by atoms with van der Waals surface area (Å²) < 4.78 is 27.1. The predicted molar refractivity (Wildman–Crippen MR) is 81.2 cm³/mol. The van der Waals surface area contributed by atoms with Crippen LogP contribution in [0.25, 0.3) is 0 Å². The van der Waals surface area contributed by atoms with E-state index >= 15 is 0 Å². The maximum atomic E-state index is 13.3. The van der Waals surface area contributed by atoms with Crippen LogP contribution in [0.2, 0.25) is 5.02 Å². The standard InChI is InChI=1S/C14H11ClF2IN/c15-11-4-1-8(5-12(11)17)6-14(19)10-3-2-9(16)7-13(10)18/h1-5,7,14H,6,19H2. The Balaban J connectivity index is 2.20. The van der Waals surface area contributed by atoms with Crippen molar-refractivity contribution >= 4 is 34.2 Å². The zero-order valence-electron chi connectivity index (χ0n) is 9.84. The lowest BCUT2D eigenvalue weighted by molar-refractivity contribution is 0.618. The van der Waals surface area contributed by atoms with Crippen LogP contribution < -0.4 is 5.73 Å². The maximum Gasteiger partial charge on any atom is 0.142 e. The van der Waals surface area contributed by atoms with Gasteiger partial charge in [-0.25, -0.2) is 8.78 Å². The minimum atomic E-state index is -0.458. The van der Waals surface area contributed by atoms with Crippen LogP contribution in [0.4, 0.5) is 8.78 Å². The molecule has 0 radical (unpaired) electrons. The highest BCUT2D eigenvalue weighted by Gasteiger charge is 2.12. The smallest absolute Gasteiger partial charge is 0.142 e. The second kappa shape index (κ2) is 6.15. The van der Waals surface area contributed by atoms with Gasteiger partial charge in [0.2, 0.25) is 0 Å². The molecular weight excluding hydrogens is 383 g/mol. The normalized spacial score (nSPS) is 12.5. The lowest BCUT2D eigenvalue weighted by atomic mass is 10.00. The van der Waals surface area contributed by atoms with E-state index in [-0.39, 0.29) is 16.9 Å². The first kappa shape index (κ1) is 14.7. The first-order chi connectivity index (χ1) is 8.97. The topological polar surface area (TPSA) is 26.0 Å². The van der Waals surface area contributed by atoms with Gasteiger partial charge in [0.25, 0.3) is 0 Å². The number of halogens is 4. The van der Waals surface area contributed by atoms with Crippen LogP contribution in [0.1, 0.15) is 17.2 Å². The van der Waals surface area contributed by atoms with Gasteiger partial charge in [0.05, 0.1) is 5.02 Å². The van der Waals surface area contributed by atoms with Gasteiger partial charge in [-0.1, -0.05) is 23.7 Å². The van der Waals surface area contributed by atoms with Crippen LogP contribution in [0, 0.1) is 15.2 Å². The van der Waals surface area contributed by atoms with E-state index in [9.17, 15) is 8.78 Å². The Kier molecular flexibility index (Phi) is 4.76. The maximum absolute atomic E-state index is 13.3. The fourth-order valence-corrected chi connectivity index (χ4v) is 2.83. The Morgan fingerprint density at radius 3 is 2.53 bits per heavy atom. The summed E-state index contributed by atoms with van der Waals surface area (Å²) in [5.41, 5.74) is 7.69. The minimum absolute atomic E-state index is 0.0914. The van der Waals surface area contributed by atoms with E-state index in [0.29, 0.717) is 6.42 Å².